The lowest BCUT2D eigenvalue weighted by atomic mass is 10.0. The van der Waals surface area contributed by atoms with Gasteiger partial charge >= 0.3 is 0 Å². The van der Waals surface area contributed by atoms with Gasteiger partial charge in [-0.2, -0.15) is 0 Å². The van der Waals surface area contributed by atoms with Gasteiger partial charge in [-0.1, -0.05) is 28.8 Å². The van der Waals surface area contributed by atoms with Crippen LogP contribution in [-0.4, -0.2) is 47.8 Å². The molecule has 9 nitrogen and oxygen atoms in total. The fraction of sp³-hybridized carbons (Fsp3) is 0.333. The summed E-state index contributed by atoms with van der Waals surface area (Å²) in [5.74, 6) is 0.199. The molecule has 0 aliphatic carbocycles. The Labute approximate surface area is 206 Å². The zero-order chi connectivity index (χ0) is 24.8. The van der Waals surface area contributed by atoms with E-state index in [0.717, 1.165) is 22.3 Å². The summed E-state index contributed by atoms with van der Waals surface area (Å²) in [7, 11) is 0. The number of amides is 1. The summed E-state index contributed by atoms with van der Waals surface area (Å²) in [6, 6.07) is 9.69. The molecule has 35 heavy (non-hydrogen) atoms. The Kier molecular flexibility index (Phi) is 7.87. The molecule has 2 aromatic heterocycles. The number of nitrogens with one attached hydrogen (secondary N) is 3. The number of carbonyl (C=O) groups excluding carboxylic acids is 1. The smallest absolute Gasteiger partial charge is 0.268 e. The van der Waals surface area contributed by atoms with Gasteiger partial charge in [-0.25, -0.2) is 9.37 Å². The van der Waals surface area contributed by atoms with Crippen LogP contribution in [0.5, 0.6) is 0 Å². The van der Waals surface area contributed by atoms with Crippen molar-refractivity contribution >= 4 is 23.3 Å². The van der Waals surface area contributed by atoms with Crippen molar-refractivity contribution in [3.8, 4) is 11.1 Å². The number of pyridine rings is 1. The minimum Gasteiger partial charge on any atom is -0.378 e. The third-order valence-corrected chi connectivity index (χ3v) is 6.08. The molecule has 0 bridgehead atoms. The molecule has 3 heterocycles. The molecule has 1 aliphatic rings. The van der Waals surface area contributed by atoms with E-state index in [1.54, 1.807) is 42.7 Å². The molecular weight excluding hydrogens is 473 g/mol. The molecule has 1 amide bonds. The highest BCUT2D eigenvalue weighted by molar-refractivity contribution is 6.30. The summed E-state index contributed by atoms with van der Waals surface area (Å²) in [4.78, 5) is 23.2. The van der Waals surface area contributed by atoms with Crippen molar-refractivity contribution in [2.75, 3.05) is 25.1 Å². The number of aromatic nitrogens is 2. The number of anilines is 1. The highest BCUT2D eigenvalue weighted by Crippen LogP contribution is 2.28. The molecule has 1 aliphatic heterocycles. The molecule has 4 rings (SSSR count). The molecule has 3 atom stereocenters. The molecule has 0 radical (unpaired) electrons. The Bertz CT molecular complexity index is 1240. The number of H-pyrrole nitrogens is 1. The van der Waals surface area contributed by atoms with Gasteiger partial charge in [0, 0.05) is 34.5 Å². The van der Waals surface area contributed by atoms with Crippen LogP contribution in [0.1, 0.15) is 34.1 Å². The summed E-state index contributed by atoms with van der Waals surface area (Å²) in [6.07, 6.45) is 2.90. The third kappa shape index (κ3) is 6.10. The minimum absolute atomic E-state index is 0.0381. The van der Waals surface area contributed by atoms with E-state index < -0.39 is 12.2 Å². The summed E-state index contributed by atoms with van der Waals surface area (Å²) in [5, 5.41) is 10.2. The van der Waals surface area contributed by atoms with Crippen LogP contribution < -0.4 is 10.6 Å². The van der Waals surface area contributed by atoms with Gasteiger partial charge in [-0.05, 0) is 59.8 Å². The van der Waals surface area contributed by atoms with Crippen molar-refractivity contribution in [2.45, 2.75) is 31.6 Å². The van der Waals surface area contributed by atoms with Crippen LogP contribution in [0.4, 0.5) is 10.2 Å². The Balaban J connectivity index is 1.51. The maximum absolute atomic E-state index is 14.2. The van der Waals surface area contributed by atoms with Crippen molar-refractivity contribution in [1.82, 2.24) is 15.3 Å². The molecule has 3 N–H and O–H groups in total. The number of hydrogen-bond acceptors (Lipinski definition) is 5. The molecule has 0 spiro atoms. The van der Waals surface area contributed by atoms with Crippen LogP contribution in [0, 0.1) is 6.92 Å². The number of benzene rings is 1. The first-order chi connectivity index (χ1) is 16.9. The maximum atomic E-state index is 14.2. The monoisotopic (exact) mass is 497 g/mol. The van der Waals surface area contributed by atoms with Crippen molar-refractivity contribution in [2.24, 2.45) is 5.11 Å². The van der Waals surface area contributed by atoms with E-state index in [0.29, 0.717) is 29.6 Å². The summed E-state index contributed by atoms with van der Waals surface area (Å²) >= 11 is 6.09. The van der Waals surface area contributed by atoms with Gasteiger partial charge in [0.25, 0.3) is 5.91 Å². The van der Waals surface area contributed by atoms with Gasteiger partial charge in [0.1, 0.15) is 17.7 Å². The highest BCUT2D eigenvalue weighted by atomic mass is 35.5. The predicted octanol–water partition coefficient (Wildman–Crippen LogP) is 5.36. The van der Waals surface area contributed by atoms with Crippen molar-refractivity contribution in [3.05, 3.63) is 81.1 Å². The lowest BCUT2D eigenvalue weighted by Crippen LogP contribution is -2.39. The van der Waals surface area contributed by atoms with Crippen molar-refractivity contribution < 1.29 is 13.9 Å². The largest absolute Gasteiger partial charge is 0.378 e. The van der Waals surface area contributed by atoms with Crippen LogP contribution in [0.3, 0.4) is 0 Å². The molecule has 0 unspecified atom stereocenters. The number of carbonyl (C=O) groups is 1. The van der Waals surface area contributed by atoms with Gasteiger partial charge in [-0.15, -0.1) is 0 Å². The second-order valence-electron chi connectivity index (χ2n) is 8.31. The minimum atomic E-state index is -1.10. The average molecular weight is 498 g/mol. The van der Waals surface area contributed by atoms with E-state index in [-0.39, 0.29) is 25.1 Å². The Hall–Kier alpha value is -3.59. The van der Waals surface area contributed by atoms with Gasteiger partial charge in [0.05, 0.1) is 25.2 Å². The first-order valence-corrected chi connectivity index (χ1v) is 11.5. The lowest BCUT2D eigenvalue weighted by molar-refractivity contribution is 0.0285. The fourth-order valence-corrected chi connectivity index (χ4v) is 4.16. The first-order valence-electron chi connectivity index (χ1n) is 11.2. The van der Waals surface area contributed by atoms with Crippen LogP contribution >= 0.6 is 11.6 Å². The number of aromatic amines is 1. The zero-order valence-electron chi connectivity index (χ0n) is 19.0. The standard InChI is InChI=1S/C24H25ClFN7O2/c1-14-10-29-23(31-20-5-6-35-13-19(20)26)9-18(14)16-8-21(28-11-16)24(34)32-22(12-30-33-27)15-3-2-4-17(25)7-15/h2-4,7-11,19-20,22,28H,5-6,12-13H2,1H3,(H,29,31)(H,32,34)/t19-,20+,22+/m0/s1. The Morgan fingerprint density at radius 2 is 2.29 bits per heavy atom. The predicted molar refractivity (Wildman–Crippen MR) is 132 cm³/mol. The van der Waals surface area contributed by atoms with Gasteiger partial charge in [-0.3, -0.25) is 4.79 Å². The van der Waals surface area contributed by atoms with Crippen LogP contribution in [0.2, 0.25) is 5.02 Å². The summed E-state index contributed by atoms with van der Waals surface area (Å²) in [5.41, 5.74) is 12.4. The van der Waals surface area contributed by atoms with E-state index in [9.17, 15) is 9.18 Å². The highest BCUT2D eigenvalue weighted by Gasteiger charge is 2.26. The molecule has 1 aromatic carbocycles. The van der Waals surface area contributed by atoms with Gasteiger partial charge in [0.2, 0.25) is 0 Å². The van der Waals surface area contributed by atoms with Crippen molar-refractivity contribution in [3.63, 3.8) is 0 Å². The molecule has 11 heteroatoms. The van der Waals surface area contributed by atoms with E-state index in [2.05, 4.69) is 30.6 Å². The molecule has 3 aromatic rings. The summed E-state index contributed by atoms with van der Waals surface area (Å²) < 4.78 is 19.3. The number of ether oxygens (including phenoxy) is 1. The van der Waals surface area contributed by atoms with E-state index in [1.165, 1.54) is 0 Å². The molecule has 1 fully saturated rings. The second-order valence-corrected chi connectivity index (χ2v) is 8.75. The van der Waals surface area contributed by atoms with E-state index in [4.69, 9.17) is 21.9 Å². The van der Waals surface area contributed by atoms with Crippen LogP contribution in [0.25, 0.3) is 21.6 Å². The molecule has 1 saturated heterocycles. The summed E-state index contributed by atoms with van der Waals surface area (Å²) in [6.45, 7) is 2.53. The van der Waals surface area contributed by atoms with Gasteiger partial charge < -0.3 is 20.4 Å². The second kappa shape index (κ2) is 11.2. The topological polar surface area (TPSA) is 128 Å². The molecular formula is C24H25ClFN7O2. The normalized spacial score (nSPS) is 18.4. The maximum Gasteiger partial charge on any atom is 0.268 e. The molecule has 182 valence electrons. The zero-order valence-corrected chi connectivity index (χ0v) is 19.8. The quantitative estimate of drug-likeness (QED) is 0.220. The van der Waals surface area contributed by atoms with Gasteiger partial charge in [0.15, 0.2) is 0 Å². The van der Waals surface area contributed by atoms with Crippen molar-refractivity contribution in [1.29, 1.82) is 0 Å². The lowest BCUT2D eigenvalue weighted by Gasteiger charge is -2.27. The average Bonchev–Trinajstić information content (AvgIpc) is 3.34. The van der Waals surface area contributed by atoms with E-state index in [1.807, 2.05) is 13.0 Å². The number of aryl methyl sites for hydroxylation is 1. The number of rotatable bonds is 8. The van der Waals surface area contributed by atoms with E-state index >= 15 is 0 Å². The Morgan fingerprint density at radius 3 is 3.06 bits per heavy atom. The van der Waals surface area contributed by atoms with Crippen LogP contribution in [-0.2, 0) is 4.74 Å². The number of alkyl halides is 1. The number of halogens is 2. The molecule has 0 saturated carbocycles. The van der Waals surface area contributed by atoms with Crippen LogP contribution in [0.15, 0.2) is 53.9 Å². The number of hydrogen-bond donors (Lipinski definition) is 3. The number of nitrogens with zero attached hydrogens (tertiary/aromatic N) is 4. The Morgan fingerprint density at radius 1 is 1.43 bits per heavy atom. The SMILES string of the molecule is Cc1cnc(N[C@@H]2CCOC[C@@H]2F)cc1-c1c[nH]c(C(=O)N[C@H](CN=[N+]=[N-])c2cccc(Cl)c2)c1. The fourth-order valence-electron chi connectivity index (χ4n) is 3.96. The number of azide groups is 1. The third-order valence-electron chi connectivity index (χ3n) is 5.85. The first kappa shape index (κ1) is 24.5.